The van der Waals surface area contributed by atoms with Crippen molar-refractivity contribution in [2.24, 2.45) is 5.73 Å². The Bertz CT molecular complexity index is 611. The molecule has 0 amide bonds. The SMILES string of the molecule is NCCc1c(N2CC3CCC(C2)O3)nc2ccccn12. The number of ether oxygens (including phenoxy) is 1. The van der Waals surface area contributed by atoms with Crippen molar-refractivity contribution in [1.82, 2.24) is 9.38 Å². The lowest BCUT2D eigenvalue weighted by atomic mass is 10.2. The zero-order valence-electron chi connectivity index (χ0n) is 11.5. The number of hydrogen-bond acceptors (Lipinski definition) is 4. The predicted octanol–water partition coefficient (Wildman–Crippen LogP) is 1.20. The van der Waals surface area contributed by atoms with Crippen LogP contribution in [0.15, 0.2) is 24.4 Å². The van der Waals surface area contributed by atoms with Crippen molar-refractivity contribution in [2.75, 3.05) is 24.5 Å². The number of rotatable bonds is 3. The van der Waals surface area contributed by atoms with Gasteiger partial charge in [0, 0.05) is 25.7 Å². The van der Waals surface area contributed by atoms with E-state index in [0.717, 1.165) is 31.0 Å². The lowest BCUT2D eigenvalue weighted by molar-refractivity contribution is 0.0302. The number of pyridine rings is 1. The first-order chi connectivity index (χ1) is 9.85. The molecule has 2 N–H and O–H groups in total. The van der Waals surface area contributed by atoms with Crippen molar-refractivity contribution < 1.29 is 4.74 Å². The minimum absolute atomic E-state index is 0.379. The average Bonchev–Trinajstić information content (AvgIpc) is 3.00. The van der Waals surface area contributed by atoms with Gasteiger partial charge in [-0.15, -0.1) is 0 Å². The van der Waals surface area contributed by atoms with E-state index in [4.69, 9.17) is 15.5 Å². The predicted molar refractivity (Wildman–Crippen MR) is 78.1 cm³/mol. The molecule has 20 heavy (non-hydrogen) atoms. The lowest BCUT2D eigenvalue weighted by Gasteiger charge is -2.33. The van der Waals surface area contributed by atoms with E-state index in [2.05, 4.69) is 21.6 Å². The summed E-state index contributed by atoms with van der Waals surface area (Å²) in [5.41, 5.74) is 8.02. The van der Waals surface area contributed by atoms with E-state index in [1.807, 2.05) is 12.1 Å². The first-order valence-electron chi connectivity index (χ1n) is 7.41. The summed E-state index contributed by atoms with van der Waals surface area (Å²) in [5.74, 6) is 1.10. The van der Waals surface area contributed by atoms with E-state index in [1.165, 1.54) is 18.5 Å². The molecule has 0 radical (unpaired) electrons. The number of hydrogen-bond donors (Lipinski definition) is 1. The van der Waals surface area contributed by atoms with Crippen LogP contribution in [0.5, 0.6) is 0 Å². The van der Waals surface area contributed by atoms with Crippen LogP contribution in [0, 0.1) is 0 Å². The average molecular weight is 272 g/mol. The van der Waals surface area contributed by atoms with Crippen molar-refractivity contribution in [3.63, 3.8) is 0 Å². The molecule has 2 saturated heterocycles. The van der Waals surface area contributed by atoms with Gasteiger partial charge in [-0.05, 0) is 31.5 Å². The zero-order chi connectivity index (χ0) is 13.5. The highest BCUT2D eigenvalue weighted by Crippen LogP contribution is 2.31. The van der Waals surface area contributed by atoms with E-state index >= 15 is 0 Å². The van der Waals surface area contributed by atoms with Gasteiger partial charge in [0.2, 0.25) is 0 Å². The highest BCUT2D eigenvalue weighted by molar-refractivity contribution is 5.56. The van der Waals surface area contributed by atoms with E-state index in [1.54, 1.807) is 0 Å². The molecule has 2 fully saturated rings. The molecule has 0 aromatic carbocycles. The van der Waals surface area contributed by atoms with Crippen LogP contribution in [-0.4, -0.2) is 41.2 Å². The summed E-state index contributed by atoms with van der Waals surface area (Å²) < 4.78 is 8.09. The van der Waals surface area contributed by atoms with E-state index < -0.39 is 0 Å². The Hall–Kier alpha value is -1.59. The maximum atomic E-state index is 5.92. The summed E-state index contributed by atoms with van der Waals surface area (Å²) in [6.45, 7) is 2.56. The number of nitrogens with two attached hydrogens (primary N) is 1. The Morgan fingerprint density at radius 3 is 2.80 bits per heavy atom. The summed E-state index contributed by atoms with van der Waals surface area (Å²) in [6, 6.07) is 6.13. The molecular formula is C15H20N4O. The molecule has 5 nitrogen and oxygen atoms in total. The van der Waals surface area contributed by atoms with Gasteiger partial charge in [0.15, 0.2) is 5.82 Å². The Morgan fingerprint density at radius 1 is 1.25 bits per heavy atom. The summed E-state index contributed by atoms with van der Waals surface area (Å²) in [6.07, 6.45) is 6.05. The van der Waals surface area contributed by atoms with Gasteiger partial charge in [0.25, 0.3) is 0 Å². The third kappa shape index (κ3) is 1.89. The minimum atomic E-state index is 0.379. The van der Waals surface area contributed by atoms with Gasteiger partial charge < -0.3 is 19.8 Å². The van der Waals surface area contributed by atoms with Gasteiger partial charge >= 0.3 is 0 Å². The van der Waals surface area contributed by atoms with Crippen LogP contribution >= 0.6 is 0 Å². The number of anilines is 1. The second-order valence-corrected chi connectivity index (χ2v) is 5.71. The molecule has 2 aliphatic rings. The summed E-state index contributed by atoms with van der Waals surface area (Å²) >= 11 is 0. The molecule has 2 aromatic heterocycles. The highest BCUT2D eigenvalue weighted by atomic mass is 16.5. The van der Waals surface area contributed by atoms with Gasteiger partial charge in [-0.2, -0.15) is 0 Å². The molecule has 2 atom stereocenters. The van der Waals surface area contributed by atoms with Crippen molar-refractivity contribution in [3.8, 4) is 0 Å². The smallest absolute Gasteiger partial charge is 0.151 e. The molecule has 4 heterocycles. The number of aromatic nitrogens is 2. The zero-order valence-corrected chi connectivity index (χ0v) is 11.5. The molecule has 2 aliphatic heterocycles. The van der Waals surface area contributed by atoms with Crippen LogP contribution in [-0.2, 0) is 11.2 Å². The molecule has 2 unspecified atom stereocenters. The highest BCUT2D eigenvalue weighted by Gasteiger charge is 2.35. The molecule has 106 valence electrons. The molecule has 4 rings (SSSR count). The van der Waals surface area contributed by atoms with Gasteiger partial charge in [0.1, 0.15) is 5.65 Å². The monoisotopic (exact) mass is 272 g/mol. The molecule has 0 saturated carbocycles. The second kappa shape index (κ2) is 4.75. The van der Waals surface area contributed by atoms with Gasteiger partial charge in [-0.25, -0.2) is 4.98 Å². The first kappa shape index (κ1) is 12.2. The quantitative estimate of drug-likeness (QED) is 0.912. The Labute approximate surface area is 118 Å². The Balaban J connectivity index is 1.76. The number of nitrogens with zero attached hydrogens (tertiary/aromatic N) is 3. The standard InChI is InChI=1S/C15H20N4O/c16-7-6-13-15(17-14-3-1-2-8-19(13)14)18-9-11-4-5-12(10-18)20-11/h1-3,8,11-12H,4-7,9-10,16H2. The first-order valence-corrected chi connectivity index (χ1v) is 7.41. The van der Waals surface area contributed by atoms with Crippen LogP contribution in [0.3, 0.4) is 0 Å². The summed E-state index contributed by atoms with van der Waals surface area (Å²) in [4.78, 5) is 7.22. The molecule has 5 heteroatoms. The summed E-state index contributed by atoms with van der Waals surface area (Å²) in [5, 5.41) is 0. The van der Waals surface area contributed by atoms with Gasteiger partial charge in [0.05, 0.1) is 17.9 Å². The molecule has 2 aromatic rings. The van der Waals surface area contributed by atoms with E-state index in [-0.39, 0.29) is 0 Å². The van der Waals surface area contributed by atoms with Crippen molar-refractivity contribution in [1.29, 1.82) is 0 Å². The maximum absolute atomic E-state index is 5.92. The van der Waals surface area contributed by atoms with Crippen molar-refractivity contribution in [3.05, 3.63) is 30.1 Å². The Kier molecular flexibility index (Phi) is 2.89. The number of imidazole rings is 1. The number of fused-ring (bicyclic) bond motifs is 3. The molecular weight excluding hydrogens is 252 g/mol. The minimum Gasteiger partial charge on any atom is -0.371 e. The third-order valence-corrected chi connectivity index (χ3v) is 4.33. The Morgan fingerprint density at radius 2 is 2.05 bits per heavy atom. The molecule has 0 spiro atoms. The fourth-order valence-electron chi connectivity index (χ4n) is 3.44. The largest absolute Gasteiger partial charge is 0.371 e. The fourth-order valence-corrected chi connectivity index (χ4v) is 3.44. The van der Waals surface area contributed by atoms with Crippen LogP contribution in [0.1, 0.15) is 18.5 Å². The topological polar surface area (TPSA) is 55.8 Å². The third-order valence-electron chi connectivity index (χ3n) is 4.33. The van der Waals surface area contributed by atoms with E-state index in [0.29, 0.717) is 18.8 Å². The van der Waals surface area contributed by atoms with Gasteiger partial charge in [-0.1, -0.05) is 6.07 Å². The number of morpholine rings is 1. The van der Waals surface area contributed by atoms with E-state index in [9.17, 15) is 0 Å². The maximum Gasteiger partial charge on any atom is 0.151 e. The van der Waals surface area contributed by atoms with Gasteiger partial charge in [-0.3, -0.25) is 0 Å². The summed E-state index contributed by atoms with van der Waals surface area (Å²) in [7, 11) is 0. The second-order valence-electron chi connectivity index (χ2n) is 5.71. The fraction of sp³-hybridized carbons (Fsp3) is 0.533. The van der Waals surface area contributed by atoms with Crippen molar-refractivity contribution in [2.45, 2.75) is 31.5 Å². The van der Waals surface area contributed by atoms with Crippen LogP contribution < -0.4 is 10.6 Å². The van der Waals surface area contributed by atoms with Crippen molar-refractivity contribution >= 4 is 11.5 Å². The normalized spacial score (nSPS) is 25.6. The lowest BCUT2D eigenvalue weighted by Crippen LogP contribution is -2.43. The van der Waals surface area contributed by atoms with Crippen LogP contribution in [0.2, 0.25) is 0 Å². The van der Waals surface area contributed by atoms with Crippen LogP contribution in [0.4, 0.5) is 5.82 Å². The molecule has 2 bridgehead atoms. The molecule has 0 aliphatic carbocycles. The van der Waals surface area contributed by atoms with Crippen LogP contribution in [0.25, 0.3) is 5.65 Å².